The molecule has 13 heavy (non-hydrogen) atoms. The van der Waals surface area contributed by atoms with E-state index >= 15 is 0 Å². The first kappa shape index (κ1) is 10.6. The molecule has 2 nitrogen and oxygen atoms in total. The zero-order valence-corrected chi connectivity index (χ0v) is 8.86. The summed E-state index contributed by atoms with van der Waals surface area (Å²) >= 11 is 1.63. The smallest absolute Gasteiger partial charge is 0.316 e. The molecule has 0 aliphatic heterocycles. The fourth-order valence-electron chi connectivity index (χ4n) is 1.18. The van der Waals surface area contributed by atoms with Crippen LogP contribution in [0, 0.1) is 0 Å². The number of carbonyl (C=O) groups is 1. The Bertz CT molecular complexity index is 199. The lowest BCUT2D eigenvalue weighted by atomic mass is 10.4. The maximum atomic E-state index is 11.1. The Labute approximate surface area is 83.7 Å². The van der Waals surface area contributed by atoms with Crippen LogP contribution >= 0.6 is 11.8 Å². The molecule has 0 atom stereocenters. The number of hydrogen-bond acceptors (Lipinski definition) is 3. The number of allylic oxidation sites excluding steroid dienone is 2. The molecule has 0 aromatic heterocycles. The molecule has 0 heterocycles. The lowest BCUT2D eigenvalue weighted by molar-refractivity contribution is -0.140. The summed E-state index contributed by atoms with van der Waals surface area (Å²) in [4.78, 5) is 12.4. The number of thioether (sulfide) groups is 1. The average molecular weight is 200 g/mol. The van der Waals surface area contributed by atoms with E-state index in [0.29, 0.717) is 12.4 Å². The quantitative estimate of drug-likeness (QED) is 0.638. The summed E-state index contributed by atoms with van der Waals surface area (Å²) in [5, 5.41) is 0. The van der Waals surface area contributed by atoms with Gasteiger partial charge in [-0.3, -0.25) is 4.79 Å². The summed E-state index contributed by atoms with van der Waals surface area (Å²) in [7, 11) is 0. The SMILES string of the molecule is CCCOC(=O)CSC1=CCCC1. The topological polar surface area (TPSA) is 26.3 Å². The summed E-state index contributed by atoms with van der Waals surface area (Å²) in [5.41, 5.74) is 0. The van der Waals surface area contributed by atoms with Crippen molar-refractivity contribution in [1.82, 2.24) is 0 Å². The van der Waals surface area contributed by atoms with E-state index in [1.54, 1.807) is 11.8 Å². The maximum Gasteiger partial charge on any atom is 0.316 e. The number of carbonyl (C=O) groups excluding carboxylic acids is 1. The van der Waals surface area contributed by atoms with Crippen LogP contribution in [0.4, 0.5) is 0 Å². The molecule has 0 aromatic rings. The third-order valence-corrected chi connectivity index (χ3v) is 2.96. The largest absolute Gasteiger partial charge is 0.465 e. The van der Waals surface area contributed by atoms with Crippen molar-refractivity contribution in [3.8, 4) is 0 Å². The summed E-state index contributed by atoms with van der Waals surface area (Å²) in [6.07, 6.45) is 6.68. The molecule has 3 heteroatoms. The lowest BCUT2D eigenvalue weighted by Gasteiger charge is -2.02. The van der Waals surface area contributed by atoms with Gasteiger partial charge in [0.1, 0.15) is 0 Å². The zero-order chi connectivity index (χ0) is 9.52. The molecule has 1 aliphatic carbocycles. The second-order valence-corrected chi connectivity index (χ2v) is 4.17. The van der Waals surface area contributed by atoms with Crippen LogP contribution < -0.4 is 0 Å². The minimum atomic E-state index is -0.0837. The van der Waals surface area contributed by atoms with Gasteiger partial charge in [0.2, 0.25) is 0 Å². The van der Waals surface area contributed by atoms with Gasteiger partial charge in [0.25, 0.3) is 0 Å². The van der Waals surface area contributed by atoms with Crippen molar-refractivity contribution in [1.29, 1.82) is 0 Å². The molecular formula is C10H16O2S. The molecule has 1 aliphatic rings. The lowest BCUT2D eigenvalue weighted by Crippen LogP contribution is -2.07. The zero-order valence-electron chi connectivity index (χ0n) is 8.04. The van der Waals surface area contributed by atoms with Crippen molar-refractivity contribution in [2.75, 3.05) is 12.4 Å². The maximum absolute atomic E-state index is 11.1. The molecule has 0 saturated heterocycles. The van der Waals surface area contributed by atoms with Gasteiger partial charge in [-0.25, -0.2) is 0 Å². The van der Waals surface area contributed by atoms with Crippen molar-refractivity contribution in [2.45, 2.75) is 32.6 Å². The summed E-state index contributed by atoms with van der Waals surface area (Å²) in [5.74, 6) is 0.394. The second kappa shape index (κ2) is 6.08. The van der Waals surface area contributed by atoms with Crippen LogP contribution in [0.3, 0.4) is 0 Å². The fourth-order valence-corrected chi connectivity index (χ4v) is 2.09. The predicted molar refractivity (Wildman–Crippen MR) is 55.6 cm³/mol. The van der Waals surface area contributed by atoms with Gasteiger partial charge in [0, 0.05) is 0 Å². The van der Waals surface area contributed by atoms with Crippen LogP contribution in [-0.2, 0) is 9.53 Å². The molecule has 0 amide bonds. The second-order valence-electron chi connectivity index (χ2n) is 3.07. The van der Waals surface area contributed by atoms with Gasteiger partial charge in [-0.15, -0.1) is 11.8 Å². The standard InChI is InChI=1S/C10H16O2S/c1-2-7-12-10(11)8-13-9-5-3-4-6-9/h5H,2-4,6-8H2,1H3. The molecule has 0 fully saturated rings. The van der Waals surface area contributed by atoms with Crippen LogP contribution in [0.5, 0.6) is 0 Å². The van der Waals surface area contributed by atoms with E-state index in [2.05, 4.69) is 6.08 Å². The summed E-state index contributed by atoms with van der Waals surface area (Å²) < 4.78 is 4.96. The Morgan fingerprint density at radius 1 is 1.69 bits per heavy atom. The fraction of sp³-hybridized carbons (Fsp3) is 0.700. The van der Waals surface area contributed by atoms with Gasteiger partial charge in [-0.1, -0.05) is 13.0 Å². The van der Waals surface area contributed by atoms with Gasteiger partial charge >= 0.3 is 5.97 Å². The predicted octanol–water partition coefficient (Wildman–Crippen LogP) is 2.74. The Morgan fingerprint density at radius 2 is 2.54 bits per heavy atom. The Kier molecular flexibility index (Phi) is 4.98. The first-order valence-corrected chi connectivity index (χ1v) is 5.79. The molecule has 1 rings (SSSR count). The van der Waals surface area contributed by atoms with E-state index in [1.165, 1.54) is 17.7 Å². The van der Waals surface area contributed by atoms with Gasteiger partial charge in [0.05, 0.1) is 12.4 Å². The third kappa shape index (κ3) is 4.36. The van der Waals surface area contributed by atoms with Crippen LogP contribution in [0.25, 0.3) is 0 Å². The molecular weight excluding hydrogens is 184 g/mol. The van der Waals surface area contributed by atoms with Gasteiger partial charge < -0.3 is 4.74 Å². The van der Waals surface area contributed by atoms with E-state index in [0.717, 1.165) is 12.8 Å². The van der Waals surface area contributed by atoms with Crippen LogP contribution in [-0.4, -0.2) is 18.3 Å². The third-order valence-electron chi connectivity index (χ3n) is 1.84. The first-order valence-electron chi connectivity index (χ1n) is 4.80. The number of esters is 1. The normalized spacial score (nSPS) is 15.6. The monoisotopic (exact) mass is 200 g/mol. The molecule has 0 unspecified atom stereocenters. The van der Waals surface area contributed by atoms with E-state index < -0.39 is 0 Å². The van der Waals surface area contributed by atoms with Gasteiger partial charge in [-0.05, 0) is 30.6 Å². The van der Waals surface area contributed by atoms with Crippen molar-refractivity contribution >= 4 is 17.7 Å². The van der Waals surface area contributed by atoms with Crippen LogP contribution in [0.1, 0.15) is 32.6 Å². The minimum Gasteiger partial charge on any atom is -0.465 e. The minimum absolute atomic E-state index is 0.0837. The number of ether oxygens (including phenoxy) is 1. The Hall–Kier alpha value is -0.440. The van der Waals surface area contributed by atoms with Crippen molar-refractivity contribution < 1.29 is 9.53 Å². The molecule has 0 radical (unpaired) electrons. The number of rotatable bonds is 5. The van der Waals surface area contributed by atoms with Gasteiger partial charge in [0.15, 0.2) is 0 Å². The molecule has 74 valence electrons. The number of hydrogen-bond donors (Lipinski definition) is 0. The van der Waals surface area contributed by atoms with Crippen LogP contribution in [0.2, 0.25) is 0 Å². The molecule has 0 saturated carbocycles. The van der Waals surface area contributed by atoms with Crippen molar-refractivity contribution in [3.05, 3.63) is 11.0 Å². The molecule has 0 N–H and O–H groups in total. The molecule has 0 aromatic carbocycles. The van der Waals surface area contributed by atoms with Gasteiger partial charge in [-0.2, -0.15) is 0 Å². The van der Waals surface area contributed by atoms with E-state index in [9.17, 15) is 4.79 Å². The van der Waals surface area contributed by atoms with Crippen LogP contribution in [0.15, 0.2) is 11.0 Å². The first-order chi connectivity index (χ1) is 6.33. The van der Waals surface area contributed by atoms with E-state index in [-0.39, 0.29) is 5.97 Å². The highest BCUT2D eigenvalue weighted by Crippen LogP contribution is 2.28. The highest BCUT2D eigenvalue weighted by atomic mass is 32.2. The Morgan fingerprint density at radius 3 is 3.15 bits per heavy atom. The average Bonchev–Trinajstić information content (AvgIpc) is 2.64. The van der Waals surface area contributed by atoms with E-state index in [1.807, 2.05) is 6.92 Å². The highest BCUT2D eigenvalue weighted by Gasteiger charge is 2.08. The molecule has 0 bridgehead atoms. The Balaban J connectivity index is 2.07. The molecule has 0 spiro atoms. The van der Waals surface area contributed by atoms with Crippen molar-refractivity contribution in [3.63, 3.8) is 0 Å². The van der Waals surface area contributed by atoms with E-state index in [4.69, 9.17) is 4.74 Å². The summed E-state index contributed by atoms with van der Waals surface area (Å²) in [6, 6.07) is 0. The van der Waals surface area contributed by atoms with Crippen molar-refractivity contribution in [2.24, 2.45) is 0 Å². The summed E-state index contributed by atoms with van der Waals surface area (Å²) in [6.45, 7) is 2.55. The highest BCUT2D eigenvalue weighted by molar-refractivity contribution is 8.03.